The number of aromatic nitrogens is 2. The van der Waals surface area contributed by atoms with Gasteiger partial charge in [0.1, 0.15) is 17.3 Å². The number of para-hydroxylation sites is 2. The first kappa shape index (κ1) is 25.7. The summed E-state index contributed by atoms with van der Waals surface area (Å²) in [5.41, 5.74) is 4.78. The van der Waals surface area contributed by atoms with E-state index in [9.17, 15) is 9.18 Å². The van der Waals surface area contributed by atoms with Crippen molar-refractivity contribution in [1.29, 1.82) is 0 Å². The highest BCUT2D eigenvalue weighted by atomic mass is 19.1. The second kappa shape index (κ2) is 10.7. The molecule has 2 aromatic carbocycles. The number of nitrogens with zero attached hydrogens (tertiary/aromatic N) is 4. The second-order valence-corrected chi connectivity index (χ2v) is 10.2. The van der Waals surface area contributed by atoms with Gasteiger partial charge in [0, 0.05) is 43.7 Å². The Morgan fingerprint density at radius 1 is 1.17 bits per heavy atom. The standard InChI is InChI=1S/C28H36FN5O2/c1-6-33(27(35)30-28(2,3)4)19-23-22-18-32(17-20-11-13-21(29)14-12-20)16-15-24(22)34(31-23)25-9-7-8-10-26(25)36-5/h7-14H,6,15-19H2,1-5H3,(H,30,35). The quantitative estimate of drug-likeness (QED) is 0.508. The number of fused-ring (bicyclic) bond motifs is 1. The molecule has 4 rings (SSSR count). The molecular formula is C28H36FN5O2. The number of halogens is 1. The molecule has 0 saturated heterocycles. The summed E-state index contributed by atoms with van der Waals surface area (Å²) in [4.78, 5) is 17.1. The molecule has 3 aromatic rings. The van der Waals surface area contributed by atoms with E-state index in [0.717, 1.165) is 53.5 Å². The summed E-state index contributed by atoms with van der Waals surface area (Å²) < 4.78 is 21.0. The molecule has 0 aliphatic carbocycles. The van der Waals surface area contributed by atoms with E-state index in [1.54, 1.807) is 12.0 Å². The van der Waals surface area contributed by atoms with E-state index in [2.05, 4.69) is 10.2 Å². The van der Waals surface area contributed by atoms with Crippen LogP contribution in [0.5, 0.6) is 5.75 Å². The van der Waals surface area contributed by atoms with Gasteiger partial charge in [-0.3, -0.25) is 4.90 Å². The molecule has 1 aliphatic rings. The van der Waals surface area contributed by atoms with Gasteiger partial charge >= 0.3 is 6.03 Å². The maximum absolute atomic E-state index is 13.4. The van der Waals surface area contributed by atoms with Gasteiger partial charge in [0.15, 0.2) is 0 Å². The van der Waals surface area contributed by atoms with Crippen LogP contribution in [0.15, 0.2) is 48.5 Å². The van der Waals surface area contributed by atoms with Crippen molar-refractivity contribution in [2.24, 2.45) is 0 Å². The number of nitrogens with one attached hydrogen (secondary N) is 1. The third-order valence-corrected chi connectivity index (χ3v) is 6.34. The number of carbonyl (C=O) groups excluding carboxylic acids is 1. The van der Waals surface area contributed by atoms with Crippen LogP contribution in [0, 0.1) is 5.82 Å². The first-order chi connectivity index (χ1) is 17.2. The van der Waals surface area contributed by atoms with Crippen molar-refractivity contribution in [3.05, 3.63) is 76.9 Å². The monoisotopic (exact) mass is 493 g/mol. The van der Waals surface area contributed by atoms with Gasteiger partial charge in [-0.25, -0.2) is 13.9 Å². The van der Waals surface area contributed by atoms with Crippen LogP contribution in [-0.4, -0.2) is 51.3 Å². The Bertz CT molecular complexity index is 1200. The molecular weight excluding hydrogens is 457 g/mol. The number of hydrogen-bond donors (Lipinski definition) is 1. The zero-order valence-corrected chi connectivity index (χ0v) is 21.8. The average Bonchev–Trinajstić information content (AvgIpc) is 3.20. The number of benzene rings is 2. The van der Waals surface area contributed by atoms with Crippen molar-refractivity contribution < 1.29 is 13.9 Å². The van der Waals surface area contributed by atoms with Crippen molar-refractivity contribution in [3.8, 4) is 11.4 Å². The van der Waals surface area contributed by atoms with Crippen LogP contribution in [0.4, 0.5) is 9.18 Å². The van der Waals surface area contributed by atoms with E-state index in [-0.39, 0.29) is 17.4 Å². The van der Waals surface area contributed by atoms with Crippen molar-refractivity contribution in [1.82, 2.24) is 24.9 Å². The summed E-state index contributed by atoms with van der Waals surface area (Å²) in [5, 5.41) is 8.09. The summed E-state index contributed by atoms with van der Waals surface area (Å²) in [6.07, 6.45) is 0.807. The molecule has 0 atom stereocenters. The fourth-order valence-corrected chi connectivity index (χ4v) is 4.56. The topological polar surface area (TPSA) is 62.6 Å². The molecule has 192 valence electrons. The van der Waals surface area contributed by atoms with Crippen LogP contribution < -0.4 is 10.1 Å². The van der Waals surface area contributed by atoms with Gasteiger partial charge in [0.05, 0.1) is 25.0 Å². The molecule has 8 heteroatoms. The molecule has 36 heavy (non-hydrogen) atoms. The maximum atomic E-state index is 13.4. The van der Waals surface area contributed by atoms with Gasteiger partial charge in [0.2, 0.25) is 0 Å². The molecule has 0 radical (unpaired) electrons. The van der Waals surface area contributed by atoms with Crippen molar-refractivity contribution in [3.63, 3.8) is 0 Å². The zero-order chi connectivity index (χ0) is 25.9. The molecule has 0 unspecified atom stereocenters. The van der Waals surface area contributed by atoms with Crippen LogP contribution in [0.1, 0.15) is 50.2 Å². The summed E-state index contributed by atoms with van der Waals surface area (Å²) in [5.74, 6) is 0.522. The largest absolute Gasteiger partial charge is 0.494 e. The Hall–Kier alpha value is -3.39. The molecule has 7 nitrogen and oxygen atoms in total. The Kier molecular flexibility index (Phi) is 7.64. The van der Waals surface area contributed by atoms with E-state index >= 15 is 0 Å². The van der Waals surface area contributed by atoms with Gasteiger partial charge in [-0.1, -0.05) is 24.3 Å². The van der Waals surface area contributed by atoms with Crippen LogP contribution in [0.25, 0.3) is 5.69 Å². The molecule has 2 amide bonds. The first-order valence-corrected chi connectivity index (χ1v) is 12.5. The average molecular weight is 494 g/mol. The minimum atomic E-state index is -0.327. The normalized spacial score (nSPS) is 13.8. The Balaban J connectivity index is 1.68. The Labute approximate surface area is 212 Å². The number of rotatable bonds is 7. The highest BCUT2D eigenvalue weighted by Gasteiger charge is 2.28. The lowest BCUT2D eigenvalue weighted by molar-refractivity contribution is 0.187. The molecule has 1 aromatic heterocycles. The minimum absolute atomic E-state index is 0.107. The number of urea groups is 1. The van der Waals surface area contributed by atoms with E-state index in [4.69, 9.17) is 9.84 Å². The fraction of sp³-hybridized carbons (Fsp3) is 0.429. The van der Waals surface area contributed by atoms with E-state index in [1.807, 2.05) is 68.8 Å². The van der Waals surface area contributed by atoms with Gasteiger partial charge in [0.25, 0.3) is 0 Å². The van der Waals surface area contributed by atoms with E-state index < -0.39 is 0 Å². The summed E-state index contributed by atoms with van der Waals surface area (Å²) in [6, 6.07) is 14.4. The second-order valence-electron chi connectivity index (χ2n) is 10.2. The van der Waals surface area contributed by atoms with Crippen LogP contribution in [-0.2, 0) is 26.1 Å². The number of hydrogen-bond acceptors (Lipinski definition) is 4. The van der Waals surface area contributed by atoms with Crippen molar-refractivity contribution >= 4 is 6.03 Å². The highest BCUT2D eigenvalue weighted by Crippen LogP contribution is 2.30. The molecule has 0 fully saturated rings. The van der Waals surface area contributed by atoms with Crippen molar-refractivity contribution in [2.75, 3.05) is 20.2 Å². The zero-order valence-electron chi connectivity index (χ0n) is 21.8. The molecule has 2 heterocycles. The summed E-state index contributed by atoms with van der Waals surface area (Å²) in [6.45, 7) is 11.2. The predicted octanol–water partition coefficient (Wildman–Crippen LogP) is 4.91. The smallest absolute Gasteiger partial charge is 0.318 e. The highest BCUT2D eigenvalue weighted by molar-refractivity contribution is 5.75. The summed E-state index contributed by atoms with van der Waals surface area (Å²) in [7, 11) is 1.66. The number of carbonyl (C=O) groups is 1. The third kappa shape index (κ3) is 5.87. The minimum Gasteiger partial charge on any atom is -0.494 e. The molecule has 0 spiro atoms. The van der Waals surface area contributed by atoms with E-state index in [1.165, 1.54) is 12.1 Å². The van der Waals surface area contributed by atoms with Gasteiger partial charge in [-0.05, 0) is 57.5 Å². The van der Waals surface area contributed by atoms with Crippen molar-refractivity contribution in [2.45, 2.75) is 59.3 Å². The van der Waals surface area contributed by atoms with Crippen LogP contribution in [0.2, 0.25) is 0 Å². The summed E-state index contributed by atoms with van der Waals surface area (Å²) >= 11 is 0. The lowest BCUT2D eigenvalue weighted by Gasteiger charge is -2.29. The predicted molar refractivity (Wildman–Crippen MR) is 139 cm³/mol. The number of ether oxygens (including phenoxy) is 1. The lowest BCUT2D eigenvalue weighted by atomic mass is 10.0. The number of amides is 2. The van der Waals surface area contributed by atoms with Gasteiger partial charge < -0.3 is 15.0 Å². The van der Waals surface area contributed by atoms with Gasteiger partial charge in [-0.15, -0.1) is 0 Å². The lowest BCUT2D eigenvalue weighted by Crippen LogP contribution is -2.48. The number of methoxy groups -OCH3 is 1. The molecule has 1 N–H and O–H groups in total. The van der Waals surface area contributed by atoms with E-state index in [0.29, 0.717) is 19.6 Å². The Morgan fingerprint density at radius 3 is 2.56 bits per heavy atom. The fourth-order valence-electron chi connectivity index (χ4n) is 4.56. The van der Waals surface area contributed by atoms with Gasteiger partial charge in [-0.2, -0.15) is 5.10 Å². The molecule has 0 bridgehead atoms. The first-order valence-electron chi connectivity index (χ1n) is 12.5. The van der Waals surface area contributed by atoms with Crippen LogP contribution in [0.3, 0.4) is 0 Å². The Morgan fingerprint density at radius 2 is 1.89 bits per heavy atom. The molecule has 1 aliphatic heterocycles. The van der Waals surface area contributed by atoms with Crippen LogP contribution >= 0.6 is 0 Å². The SMILES string of the molecule is CCN(Cc1nn(-c2ccccc2OC)c2c1CN(Cc1ccc(F)cc1)CC2)C(=O)NC(C)(C)C. The third-order valence-electron chi connectivity index (χ3n) is 6.34. The molecule has 0 saturated carbocycles. The maximum Gasteiger partial charge on any atom is 0.318 e.